The Morgan fingerprint density at radius 1 is 0.286 bits per heavy atom. The van der Waals surface area contributed by atoms with Gasteiger partial charge in [-0.05, 0) is 120 Å². The van der Waals surface area contributed by atoms with E-state index in [1.54, 1.807) is 0 Å². The first-order chi connectivity index (χ1) is 27.7. The van der Waals surface area contributed by atoms with E-state index < -0.39 is 0 Å². The Hall–Kier alpha value is -7.42. The second-order valence-electron chi connectivity index (χ2n) is 14.6. The maximum absolute atomic E-state index is 6.64. The highest BCUT2D eigenvalue weighted by atomic mass is 16.3. The molecule has 0 bridgehead atoms. The number of rotatable bonds is 6. The van der Waals surface area contributed by atoms with Gasteiger partial charge in [-0.3, -0.25) is 0 Å². The molecular formula is C54H35NO. The molecule has 0 atom stereocenters. The average molecular weight is 714 g/mol. The van der Waals surface area contributed by atoms with E-state index >= 15 is 0 Å². The SMILES string of the molecule is c1cc(-c2cccc(N(c3ccc(-c4ccc5ccccc5c4)cc3)c3cccc4c3oc3ccccc34)c2)cc(-c2ccc3ccc4ccccc4c3c2)c1. The van der Waals surface area contributed by atoms with Crippen LogP contribution < -0.4 is 4.90 Å². The molecule has 56 heavy (non-hydrogen) atoms. The Labute approximate surface area is 325 Å². The summed E-state index contributed by atoms with van der Waals surface area (Å²) in [5.74, 6) is 0. The molecule has 0 saturated carbocycles. The van der Waals surface area contributed by atoms with Gasteiger partial charge in [0.25, 0.3) is 0 Å². The molecule has 1 heterocycles. The summed E-state index contributed by atoms with van der Waals surface area (Å²) < 4.78 is 6.64. The number of hydrogen-bond acceptors (Lipinski definition) is 2. The maximum atomic E-state index is 6.64. The fourth-order valence-corrected chi connectivity index (χ4v) is 8.39. The number of fused-ring (bicyclic) bond motifs is 7. The maximum Gasteiger partial charge on any atom is 0.159 e. The van der Waals surface area contributed by atoms with Crippen LogP contribution in [0.5, 0.6) is 0 Å². The Kier molecular flexibility index (Phi) is 7.53. The zero-order chi connectivity index (χ0) is 37.0. The van der Waals surface area contributed by atoms with Gasteiger partial charge in [-0.15, -0.1) is 0 Å². The lowest BCUT2D eigenvalue weighted by molar-refractivity contribution is 0.669. The zero-order valence-corrected chi connectivity index (χ0v) is 30.6. The first-order valence-electron chi connectivity index (χ1n) is 19.2. The Balaban J connectivity index is 1.03. The van der Waals surface area contributed by atoms with Crippen molar-refractivity contribution < 1.29 is 4.42 Å². The summed E-state index contributed by atoms with van der Waals surface area (Å²) in [7, 11) is 0. The lowest BCUT2D eigenvalue weighted by atomic mass is 9.95. The number of anilines is 3. The molecule has 10 aromatic carbocycles. The van der Waals surface area contributed by atoms with Crippen LogP contribution in [0.25, 0.3) is 87.6 Å². The third kappa shape index (κ3) is 5.51. The molecule has 11 aromatic rings. The fourth-order valence-electron chi connectivity index (χ4n) is 8.39. The first kappa shape index (κ1) is 32.0. The molecule has 262 valence electrons. The van der Waals surface area contributed by atoms with Gasteiger partial charge in [-0.25, -0.2) is 0 Å². The van der Waals surface area contributed by atoms with Gasteiger partial charge in [0.2, 0.25) is 0 Å². The molecule has 0 unspecified atom stereocenters. The van der Waals surface area contributed by atoms with Crippen LogP contribution >= 0.6 is 0 Å². The number of furan rings is 1. The Bertz CT molecular complexity index is 3260. The standard InChI is InChI=1S/C54H35NO/c1-2-12-40-32-44(26-22-36(40)10-1)37-28-30-46(31-29-37)55(52-20-9-19-50-49-18-5-6-21-53(49)56-54(50)52)47-16-8-15-43(34-47)41-13-7-14-42(33-41)45-27-25-39-24-23-38-11-3-4-17-48(38)51(39)35-45/h1-35H. The highest BCUT2D eigenvalue weighted by Gasteiger charge is 2.20. The molecule has 0 N–H and O–H groups in total. The lowest BCUT2D eigenvalue weighted by Crippen LogP contribution is -2.10. The lowest BCUT2D eigenvalue weighted by Gasteiger charge is -2.26. The van der Waals surface area contributed by atoms with Gasteiger partial charge in [-0.1, -0.05) is 158 Å². The van der Waals surface area contributed by atoms with Crippen molar-refractivity contribution in [1.29, 1.82) is 0 Å². The third-order valence-corrected chi connectivity index (χ3v) is 11.2. The van der Waals surface area contributed by atoms with E-state index in [1.165, 1.54) is 54.6 Å². The van der Waals surface area contributed by atoms with Gasteiger partial charge in [0, 0.05) is 22.1 Å². The van der Waals surface area contributed by atoms with Crippen molar-refractivity contribution in [3.05, 3.63) is 212 Å². The van der Waals surface area contributed by atoms with Crippen LogP contribution in [0, 0.1) is 0 Å². The normalized spacial score (nSPS) is 11.6. The molecule has 0 aliphatic carbocycles. The van der Waals surface area contributed by atoms with E-state index in [0.717, 1.165) is 50.1 Å². The highest BCUT2D eigenvalue weighted by molar-refractivity contribution is 6.11. The highest BCUT2D eigenvalue weighted by Crippen LogP contribution is 2.43. The van der Waals surface area contributed by atoms with Crippen molar-refractivity contribution in [1.82, 2.24) is 0 Å². The van der Waals surface area contributed by atoms with Crippen LogP contribution in [-0.4, -0.2) is 0 Å². The van der Waals surface area contributed by atoms with Crippen molar-refractivity contribution in [3.8, 4) is 33.4 Å². The van der Waals surface area contributed by atoms with Crippen molar-refractivity contribution in [2.24, 2.45) is 0 Å². The van der Waals surface area contributed by atoms with Crippen LogP contribution in [0.15, 0.2) is 217 Å². The molecule has 0 radical (unpaired) electrons. The summed E-state index contributed by atoms with van der Waals surface area (Å²) in [6.07, 6.45) is 0. The minimum atomic E-state index is 0.864. The van der Waals surface area contributed by atoms with Gasteiger partial charge in [0.15, 0.2) is 5.58 Å². The summed E-state index contributed by atoms with van der Waals surface area (Å²) in [6, 6.07) is 76.5. The van der Waals surface area contributed by atoms with Crippen molar-refractivity contribution >= 4 is 71.3 Å². The number of para-hydroxylation sites is 2. The Morgan fingerprint density at radius 2 is 0.839 bits per heavy atom. The third-order valence-electron chi connectivity index (χ3n) is 11.2. The minimum absolute atomic E-state index is 0.864. The van der Waals surface area contributed by atoms with Crippen molar-refractivity contribution in [2.75, 3.05) is 4.90 Å². The van der Waals surface area contributed by atoms with Gasteiger partial charge in [-0.2, -0.15) is 0 Å². The second kappa shape index (κ2) is 13.2. The largest absolute Gasteiger partial charge is 0.454 e. The van der Waals surface area contributed by atoms with E-state index in [-0.39, 0.29) is 0 Å². The molecule has 0 aliphatic heterocycles. The average Bonchev–Trinajstić information content (AvgIpc) is 3.66. The molecule has 11 rings (SSSR count). The molecule has 0 spiro atoms. The monoisotopic (exact) mass is 713 g/mol. The minimum Gasteiger partial charge on any atom is -0.454 e. The molecule has 0 fully saturated rings. The molecule has 2 heteroatoms. The second-order valence-corrected chi connectivity index (χ2v) is 14.6. The van der Waals surface area contributed by atoms with Gasteiger partial charge in [0.05, 0.1) is 5.69 Å². The number of benzene rings is 10. The first-order valence-corrected chi connectivity index (χ1v) is 19.2. The smallest absolute Gasteiger partial charge is 0.159 e. The summed E-state index contributed by atoms with van der Waals surface area (Å²) in [4.78, 5) is 2.33. The molecule has 0 aliphatic rings. The van der Waals surface area contributed by atoms with E-state index in [9.17, 15) is 0 Å². The molecule has 1 aromatic heterocycles. The number of hydrogen-bond donors (Lipinski definition) is 0. The summed E-state index contributed by atoms with van der Waals surface area (Å²) >= 11 is 0. The summed E-state index contributed by atoms with van der Waals surface area (Å²) in [5, 5.41) is 9.76. The topological polar surface area (TPSA) is 16.4 Å². The van der Waals surface area contributed by atoms with Crippen LogP contribution in [-0.2, 0) is 0 Å². The van der Waals surface area contributed by atoms with Crippen molar-refractivity contribution in [2.45, 2.75) is 0 Å². The zero-order valence-electron chi connectivity index (χ0n) is 30.6. The predicted octanol–water partition coefficient (Wildman–Crippen LogP) is 15.5. The Morgan fingerprint density at radius 3 is 1.66 bits per heavy atom. The van der Waals surface area contributed by atoms with Gasteiger partial charge in [0.1, 0.15) is 5.58 Å². The van der Waals surface area contributed by atoms with Gasteiger partial charge < -0.3 is 9.32 Å². The predicted molar refractivity (Wildman–Crippen MR) is 237 cm³/mol. The van der Waals surface area contributed by atoms with Crippen LogP contribution in [0.3, 0.4) is 0 Å². The summed E-state index contributed by atoms with van der Waals surface area (Å²) in [6.45, 7) is 0. The molecule has 0 saturated heterocycles. The van der Waals surface area contributed by atoms with Gasteiger partial charge >= 0.3 is 0 Å². The summed E-state index contributed by atoms with van der Waals surface area (Å²) in [5.41, 5.74) is 11.9. The van der Waals surface area contributed by atoms with Crippen molar-refractivity contribution in [3.63, 3.8) is 0 Å². The van der Waals surface area contributed by atoms with Crippen LogP contribution in [0.2, 0.25) is 0 Å². The van der Waals surface area contributed by atoms with Crippen LogP contribution in [0.4, 0.5) is 17.1 Å². The fraction of sp³-hybridized carbons (Fsp3) is 0. The molecule has 0 amide bonds. The van der Waals surface area contributed by atoms with E-state index in [4.69, 9.17) is 4.42 Å². The number of nitrogens with zero attached hydrogens (tertiary/aromatic N) is 1. The molecule has 2 nitrogen and oxygen atoms in total. The van der Waals surface area contributed by atoms with E-state index in [0.29, 0.717) is 0 Å². The van der Waals surface area contributed by atoms with E-state index in [2.05, 4.69) is 205 Å². The van der Waals surface area contributed by atoms with E-state index in [1.807, 2.05) is 12.1 Å². The van der Waals surface area contributed by atoms with Crippen LogP contribution in [0.1, 0.15) is 0 Å². The molecular weight excluding hydrogens is 679 g/mol. The quantitative estimate of drug-likeness (QED) is 0.160.